The number of piperidine rings is 1. The van der Waals surface area contributed by atoms with Gasteiger partial charge in [0.15, 0.2) is 0 Å². The molecule has 7 heteroatoms. The van der Waals surface area contributed by atoms with E-state index in [-0.39, 0.29) is 0 Å². The SMILES string of the molecule is CC(C)Cn1ncnc1CN(C)C[C@@H]1CCCN(C)[C@H]1c1cnn(C)c1. The monoisotopic (exact) mass is 359 g/mol. The lowest BCUT2D eigenvalue weighted by Crippen LogP contribution is -2.41. The molecule has 0 spiro atoms. The Kier molecular flexibility index (Phi) is 6.09. The summed E-state index contributed by atoms with van der Waals surface area (Å²) in [5, 5.41) is 8.79. The van der Waals surface area contributed by atoms with Gasteiger partial charge in [-0.1, -0.05) is 13.8 Å². The predicted molar refractivity (Wildman–Crippen MR) is 102 cm³/mol. The van der Waals surface area contributed by atoms with E-state index in [4.69, 9.17) is 0 Å². The zero-order valence-corrected chi connectivity index (χ0v) is 16.8. The third kappa shape index (κ3) is 4.51. The highest BCUT2D eigenvalue weighted by atomic mass is 15.3. The van der Waals surface area contributed by atoms with Crippen LogP contribution in [0.25, 0.3) is 0 Å². The Bertz CT molecular complexity index is 690. The molecule has 1 saturated heterocycles. The summed E-state index contributed by atoms with van der Waals surface area (Å²) in [6.07, 6.45) is 8.39. The van der Waals surface area contributed by atoms with Crippen molar-refractivity contribution in [1.82, 2.24) is 34.3 Å². The molecule has 1 aliphatic rings. The lowest BCUT2D eigenvalue weighted by molar-refractivity contribution is 0.0914. The Labute approximate surface area is 157 Å². The molecule has 2 aromatic rings. The summed E-state index contributed by atoms with van der Waals surface area (Å²) in [6, 6.07) is 0.438. The molecule has 0 unspecified atom stereocenters. The quantitative estimate of drug-likeness (QED) is 0.758. The second-order valence-electron chi connectivity index (χ2n) is 8.22. The summed E-state index contributed by atoms with van der Waals surface area (Å²) in [5.41, 5.74) is 1.33. The van der Waals surface area contributed by atoms with Crippen LogP contribution >= 0.6 is 0 Å². The molecule has 0 amide bonds. The Hall–Kier alpha value is -1.73. The molecule has 1 fully saturated rings. The predicted octanol–water partition coefficient (Wildman–Crippen LogP) is 2.18. The van der Waals surface area contributed by atoms with E-state index >= 15 is 0 Å². The fraction of sp³-hybridized carbons (Fsp3) is 0.737. The summed E-state index contributed by atoms with van der Waals surface area (Å²) < 4.78 is 3.96. The minimum Gasteiger partial charge on any atom is -0.299 e. The standard InChI is InChI=1S/C19H33N7/c1-15(2)10-26-18(20-14-22-26)13-23(3)11-16-7-6-8-24(4)19(16)17-9-21-25(5)12-17/h9,12,14-16,19H,6-8,10-11,13H2,1-5H3/t16-,19+/m0/s1. The van der Waals surface area contributed by atoms with Crippen molar-refractivity contribution in [3.63, 3.8) is 0 Å². The van der Waals surface area contributed by atoms with E-state index in [2.05, 4.69) is 59.1 Å². The number of aryl methyl sites for hydroxylation is 1. The highest BCUT2D eigenvalue weighted by molar-refractivity contribution is 5.13. The van der Waals surface area contributed by atoms with E-state index in [1.165, 1.54) is 18.4 Å². The van der Waals surface area contributed by atoms with Gasteiger partial charge >= 0.3 is 0 Å². The maximum Gasteiger partial charge on any atom is 0.141 e. The van der Waals surface area contributed by atoms with E-state index in [1.807, 2.05) is 22.6 Å². The van der Waals surface area contributed by atoms with Gasteiger partial charge in [-0.2, -0.15) is 10.2 Å². The first-order valence-electron chi connectivity index (χ1n) is 9.68. The molecule has 2 atom stereocenters. The van der Waals surface area contributed by atoms with Crippen molar-refractivity contribution in [2.45, 2.75) is 45.8 Å². The van der Waals surface area contributed by atoms with Crippen molar-refractivity contribution in [3.8, 4) is 0 Å². The van der Waals surface area contributed by atoms with Crippen molar-refractivity contribution in [1.29, 1.82) is 0 Å². The van der Waals surface area contributed by atoms with E-state index in [1.54, 1.807) is 6.33 Å². The van der Waals surface area contributed by atoms with E-state index in [0.29, 0.717) is 17.9 Å². The second kappa shape index (κ2) is 8.31. The fourth-order valence-electron chi connectivity index (χ4n) is 4.19. The lowest BCUT2D eigenvalue weighted by Gasteiger charge is -2.40. The lowest BCUT2D eigenvalue weighted by atomic mass is 9.86. The fourth-order valence-corrected chi connectivity index (χ4v) is 4.19. The van der Waals surface area contributed by atoms with Crippen molar-refractivity contribution in [3.05, 3.63) is 30.1 Å². The van der Waals surface area contributed by atoms with Gasteiger partial charge in [0.25, 0.3) is 0 Å². The Balaban J connectivity index is 1.67. The smallest absolute Gasteiger partial charge is 0.141 e. The molecule has 0 aromatic carbocycles. The summed E-state index contributed by atoms with van der Waals surface area (Å²) >= 11 is 0. The minimum absolute atomic E-state index is 0.438. The average molecular weight is 360 g/mol. The van der Waals surface area contributed by atoms with Crippen molar-refractivity contribution < 1.29 is 0 Å². The Morgan fingerprint density at radius 2 is 2.08 bits per heavy atom. The van der Waals surface area contributed by atoms with Crippen LogP contribution in [0.4, 0.5) is 0 Å². The third-order valence-corrected chi connectivity index (χ3v) is 5.26. The van der Waals surface area contributed by atoms with E-state index in [0.717, 1.165) is 32.0 Å². The molecule has 0 aliphatic carbocycles. The third-order valence-electron chi connectivity index (χ3n) is 5.26. The summed E-state index contributed by atoms with van der Waals surface area (Å²) in [4.78, 5) is 9.37. The molecule has 0 radical (unpaired) electrons. The first-order valence-corrected chi connectivity index (χ1v) is 9.68. The number of likely N-dealkylation sites (tertiary alicyclic amines) is 1. The zero-order chi connectivity index (χ0) is 18.7. The first-order chi connectivity index (χ1) is 12.4. The van der Waals surface area contributed by atoms with Crippen LogP contribution in [0.15, 0.2) is 18.7 Å². The van der Waals surface area contributed by atoms with Crippen LogP contribution in [-0.4, -0.2) is 61.5 Å². The number of hydrogen-bond donors (Lipinski definition) is 0. The number of nitrogens with zero attached hydrogens (tertiary/aromatic N) is 7. The molecule has 0 bridgehead atoms. The number of hydrogen-bond acceptors (Lipinski definition) is 5. The van der Waals surface area contributed by atoms with Gasteiger partial charge in [-0.3, -0.25) is 14.5 Å². The largest absolute Gasteiger partial charge is 0.299 e. The van der Waals surface area contributed by atoms with Gasteiger partial charge in [-0.05, 0) is 45.3 Å². The van der Waals surface area contributed by atoms with Crippen LogP contribution in [0.1, 0.15) is 44.1 Å². The Morgan fingerprint density at radius 1 is 1.27 bits per heavy atom. The van der Waals surface area contributed by atoms with Gasteiger partial charge in [-0.25, -0.2) is 9.67 Å². The molecule has 0 N–H and O–H groups in total. The van der Waals surface area contributed by atoms with Crippen LogP contribution < -0.4 is 0 Å². The van der Waals surface area contributed by atoms with Crippen molar-refractivity contribution in [2.75, 3.05) is 27.2 Å². The Morgan fingerprint density at radius 3 is 2.77 bits per heavy atom. The van der Waals surface area contributed by atoms with Gasteiger partial charge in [0.1, 0.15) is 12.2 Å². The maximum atomic E-state index is 4.48. The molecule has 1 aliphatic heterocycles. The van der Waals surface area contributed by atoms with Crippen molar-refractivity contribution >= 4 is 0 Å². The van der Waals surface area contributed by atoms with Crippen LogP contribution in [-0.2, 0) is 20.1 Å². The molecular formula is C19H33N7. The van der Waals surface area contributed by atoms with Crippen molar-refractivity contribution in [2.24, 2.45) is 18.9 Å². The molecule has 7 nitrogen and oxygen atoms in total. The summed E-state index contributed by atoms with van der Waals surface area (Å²) in [7, 11) is 6.43. The van der Waals surface area contributed by atoms with E-state index < -0.39 is 0 Å². The van der Waals surface area contributed by atoms with Gasteiger partial charge in [0.05, 0.1) is 12.7 Å². The molecule has 2 aromatic heterocycles. The van der Waals surface area contributed by atoms with Gasteiger partial charge in [-0.15, -0.1) is 0 Å². The van der Waals surface area contributed by atoms with E-state index in [9.17, 15) is 0 Å². The van der Waals surface area contributed by atoms with Crippen LogP contribution in [0, 0.1) is 11.8 Å². The summed E-state index contributed by atoms with van der Waals surface area (Å²) in [5.74, 6) is 2.23. The first kappa shape index (κ1) is 19.0. The number of aromatic nitrogens is 5. The molecule has 26 heavy (non-hydrogen) atoms. The maximum absolute atomic E-state index is 4.48. The summed E-state index contributed by atoms with van der Waals surface area (Å²) in [6.45, 7) is 8.40. The zero-order valence-electron chi connectivity index (χ0n) is 16.8. The normalized spacial score (nSPS) is 21.8. The minimum atomic E-state index is 0.438. The van der Waals surface area contributed by atoms with Crippen LogP contribution in [0.3, 0.4) is 0 Å². The molecule has 3 rings (SSSR count). The van der Waals surface area contributed by atoms with Crippen LogP contribution in [0.2, 0.25) is 0 Å². The molecule has 144 valence electrons. The molecular weight excluding hydrogens is 326 g/mol. The highest BCUT2D eigenvalue weighted by Crippen LogP contribution is 2.35. The van der Waals surface area contributed by atoms with Gasteiger partial charge in [0.2, 0.25) is 0 Å². The highest BCUT2D eigenvalue weighted by Gasteiger charge is 2.32. The topological polar surface area (TPSA) is 55.0 Å². The second-order valence-corrected chi connectivity index (χ2v) is 8.22. The molecule has 3 heterocycles. The average Bonchev–Trinajstić information content (AvgIpc) is 3.16. The van der Waals surface area contributed by atoms with Gasteiger partial charge in [0, 0.05) is 37.9 Å². The molecule has 0 saturated carbocycles. The van der Waals surface area contributed by atoms with Gasteiger partial charge < -0.3 is 0 Å². The van der Waals surface area contributed by atoms with Crippen LogP contribution in [0.5, 0.6) is 0 Å². The number of rotatable bonds is 7.